The average Bonchev–Trinajstić information content (AvgIpc) is 2.35. The Morgan fingerprint density at radius 3 is 2.24 bits per heavy atom. The van der Waals surface area contributed by atoms with Crippen LogP contribution in [0.15, 0.2) is 66.4 Å². The van der Waals surface area contributed by atoms with E-state index in [0.29, 0.717) is 5.70 Å². The van der Waals surface area contributed by atoms with Crippen molar-refractivity contribution in [1.82, 2.24) is 0 Å². The van der Waals surface area contributed by atoms with Crippen molar-refractivity contribution in [3.05, 3.63) is 61.4 Å². The lowest BCUT2D eigenvalue weighted by Gasteiger charge is -1.99. The molecule has 0 rings (SSSR count). The minimum absolute atomic E-state index is 0.658. The van der Waals surface area contributed by atoms with E-state index in [4.69, 9.17) is 0 Å². The molecular weight excluding hydrogens is 206 g/mol. The average molecular weight is 231 g/mol. The van der Waals surface area contributed by atoms with Crippen molar-refractivity contribution in [3.8, 4) is 0 Å². The molecule has 0 N–H and O–H groups in total. The van der Waals surface area contributed by atoms with Crippen LogP contribution in [0.1, 0.15) is 33.6 Å². The third-order valence-corrected chi connectivity index (χ3v) is 1.78. The third kappa shape index (κ3) is 10.6. The second-order valence-electron chi connectivity index (χ2n) is 3.23. The number of rotatable bonds is 7. The van der Waals surface area contributed by atoms with Gasteiger partial charge in [-0.05, 0) is 17.6 Å². The van der Waals surface area contributed by atoms with E-state index in [1.54, 1.807) is 12.3 Å². The summed E-state index contributed by atoms with van der Waals surface area (Å²) < 4.78 is 0. The molecule has 0 saturated carbocycles. The largest absolute Gasteiger partial charge is 0.257 e. The lowest BCUT2D eigenvalue weighted by Crippen LogP contribution is -1.85. The minimum Gasteiger partial charge on any atom is -0.257 e. The van der Waals surface area contributed by atoms with Crippen LogP contribution in [0.3, 0.4) is 0 Å². The fraction of sp³-hybridized carbons (Fsp3) is 0.312. The molecular formula is C16H25N. The minimum atomic E-state index is 0.658. The first-order valence-corrected chi connectivity index (χ1v) is 6.01. The molecule has 0 fully saturated rings. The van der Waals surface area contributed by atoms with Gasteiger partial charge in [-0.25, -0.2) is 0 Å². The van der Waals surface area contributed by atoms with Gasteiger partial charge in [0, 0.05) is 6.21 Å². The van der Waals surface area contributed by atoms with Gasteiger partial charge in [0.15, 0.2) is 0 Å². The van der Waals surface area contributed by atoms with Crippen LogP contribution in [0.4, 0.5) is 0 Å². The summed E-state index contributed by atoms with van der Waals surface area (Å²) in [5.41, 5.74) is 2.46. The van der Waals surface area contributed by atoms with Crippen LogP contribution in [-0.2, 0) is 0 Å². The van der Waals surface area contributed by atoms with E-state index in [1.807, 2.05) is 26.0 Å². The summed E-state index contributed by atoms with van der Waals surface area (Å²) in [6.07, 6.45) is 9.12. The SMILES string of the molecule is C=C/C=C\C(=C)C(=C)N=CC(=C)CCC.CC. The molecule has 0 aromatic carbocycles. The van der Waals surface area contributed by atoms with E-state index in [-0.39, 0.29) is 0 Å². The summed E-state index contributed by atoms with van der Waals surface area (Å²) in [5.74, 6) is 0. The standard InChI is InChI=1S/C14H19N.C2H6/c1-6-8-10-13(4)14(5)15-11-12(3)9-7-2;1-2/h6,8,10-11H,1,3-5,7,9H2,2H3;1-2H3/b10-8-,15-11?;. The number of aliphatic imine (C=N–C) groups is 1. The molecule has 1 nitrogen and oxygen atoms in total. The van der Waals surface area contributed by atoms with Gasteiger partial charge in [0.25, 0.3) is 0 Å². The Hall–Kier alpha value is -1.63. The van der Waals surface area contributed by atoms with E-state index in [0.717, 1.165) is 24.0 Å². The quantitative estimate of drug-likeness (QED) is 0.419. The zero-order chi connectivity index (χ0) is 13.7. The molecule has 94 valence electrons. The molecule has 0 heterocycles. The summed E-state index contributed by atoms with van der Waals surface area (Å²) >= 11 is 0. The summed E-state index contributed by atoms with van der Waals surface area (Å²) in [6, 6.07) is 0. The third-order valence-electron chi connectivity index (χ3n) is 1.78. The van der Waals surface area contributed by atoms with Gasteiger partial charge in [0.1, 0.15) is 0 Å². The lowest BCUT2D eigenvalue weighted by atomic mass is 10.2. The Kier molecular flexibility index (Phi) is 13.0. The highest BCUT2D eigenvalue weighted by Gasteiger charge is 1.92. The highest BCUT2D eigenvalue weighted by Crippen LogP contribution is 2.09. The Bertz CT molecular complexity index is 316. The van der Waals surface area contributed by atoms with E-state index in [2.05, 4.69) is 38.2 Å². The number of hydrogen-bond acceptors (Lipinski definition) is 1. The Morgan fingerprint density at radius 1 is 1.18 bits per heavy atom. The van der Waals surface area contributed by atoms with Gasteiger partial charge in [-0.3, -0.25) is 4.99 Å². The van der Waals surface area contributed by atoms with Crippen LogP contribution < -0.4 is 0 Å². The molecule has 0 atom stereocenters. The van der Waals surface area contributed by atoms with Crippen LogP contribution >= 0.6 is 0 Å². The van der Waals surface area contributed by atoms with Crippen molar-refractivity contribution in [3.63, 3.8) is 0 Å². The predicted octanol–water partition coefficient (Wildman–Crippen LogP) is 5.25. The summed E-state index contributed by atoms with van der Waals surface area (Å²) in [7, 11) is 0. The van der Waals surface area contributed by atoms with Crippen molar-refractivity contribution in [1.29, 1.82) is 0 Å². The fourth-order valence-electron chi connectivity index (χ4n) is 0.918. The molecule has 0 unspecified atom stereocenters. The Balaban J connectivity index is 0. The molecule has 0 saturated heterocycles. The zero-order valence-electron chi connectivity index (χ0n) is 11.5. The molecule has 17 heavy (non-hydrogen) atoms. The van der Waals surface area contributed by atoms with E-state index >= 15 is 0 Å². The van der Waals surface area contributed by atoms with Crippen molar-refractivity contribution in [2.24, 2.45) is 4.99 Å². The molecule has 0 aromatic heterocycles. The molecule has 0 amide bonds. The van der Waals surface area contributed by atoms with Gasteiger partial charge in [0.05, 0.1) is 5.70 Å². The highest BCUT2D eigenvalue weighted by molar-refractivity contribution is 5.78. The molecule has 0 radical (unpaired) electrons. The predicted molar refractivity (Wildman–Crippen MR) is 81.5 cm³/mol. The van der Waals surface area contributed by atoms with Gasteiger partial charge in [-0.1, -0.05) is 71.7 Å². The first kappa shape index (κ1) is 17.8. The van der Waals surface area contributed by atoms with E-state index in [9.17, 15) is 0 Å². The van der Waals surface area contributed by atoms with Gasteiger partial charge in [0.2, 0.25) is 0 Å². The summed E-state index contributed by atoms with van der Waals surface area (Å²) in [6.45, 7) is 21.2. The zero-order valence-corrected chi connectivity index (χ0v) is 11.5. The maximum absolute atomic E-state index is 4.19. The van der Waals surface area contributed by atoms with Gasteiger partial charge in [-0.15, -0.1) is 0 Å². The topological polar surface area (TPSA) is 12.4 Å². The lowest BCUT2D eigenvalue weighted by molar-refractivity contribution is 0.942. The van der Waals surface area contributed by atoms with Gasteiger partial charge >= 0.3 is 0 Å². The highest BCUT2D eigenvalue weighted by atomic mass is 14.7. The molecule has 0 bridgehead atoms. The smallest absolute Gasteiger partial charge is 0.0624 e. The normalized spacial score (nSPS) is 9.82. The molecule has 0 aliphatic carbocycles. The summed E-state index contributed by atoms with van der Waals surface area (Å²) in [5, 5.41) is 0. The maximum Gasteiger partial charge on any atom is 0.0624 e. The van der Waals surface area contributed by atoms with E-state index in [1.165, 1.54) is 0 Å². The molecule has 0 aliphatic rings. The second kappa shape index (κ2) is 12.4. The molecule has 1 heteroatoms. The maximum atomic E-state index is 4.19. The van der Waals surface area contributed by atoms with Crippen LogP contribution in [0.5, 0.6) is 0 Å². The van der Waals surface area contributed by atoms with Crippen molar-refractivity contribution < 1.29 is 0 Å². The van der Waals surface area contributed by atoms with Crippen LogP contribution in [0, 0.1) is 0 Å². The van der Waals surface area contributed by atoms with Crippen LogP contribution in [0.25, 0.3) is 0 Å². The Labute approximate surface area is 107 Å². The van der Waals surface area contributed by atoms with Crippen molar-refractivity contribution in [2.45, 2.75) is 33.6 Å². The number of hydrogen-bond donors (Lipinski definition) is 0. The first-order valence-electron chi connectivity index (χ1n) is 6.01. The number of nitrogens with zero attached hydrogens (tertiary/aromatic N) is 1. The molecule has 0 aromatic rings. The van der Waals surface area contributed by atoms with Gasteiger partial charge < -0.3 is 0 Å². The van der Waals surface area contributed by atoms with Crippen LogP contribution in [-0.4, -0.2) is 6.21 Å². The van der Waals surface area contributed by atoms with Crippen LogP contribution in [0.2, 0.25) is 0 Å². The van der Waals surface area contributed by atoms with Gasteiger partial charge in [-0.2, -0.15) is 0 Å². The van der Waals surface area contributed by atoms with Crippen molar-refractivity contribution >= 4 is 6.21 Å². The molecule has 0 aliphatic heterocycles. The number of allylic oxidation sites excluding steroid dienone is 4. The fourth-order valence-corrected chi connectivity index (χ4v) is 0.918. The van der Waals surface area contributed by atoms with Crippen molar-refractivity contribution in [2.75, 3.05) is 0 Å². The molecule has 0 spiro atoms. The second-order valence-corrected chi connectivity index (χ2v) is 3.23. The summed E-state index contributed by atoms with van der Waals surface area (Å²) in [4.78, 5) is 4.19. The van der Waals surface area contributed by atoms with E-state index < -0.39 is 0 Å². The Morgan fingerprint density at radius 2 is 1.76 bits per heavy atom. The monoisotopic (exact) mass is 231 g/mol. The first-order chi connectivity index (χ1) is 8.11.